The first-order valence-electron chi connectivity index (χ1n) is 7.63. The Balaban J connectivity index is 2.28. The first kappa shape index (κ1) is 18.6. The first-order chi connectivity index (χ1) is 12.6. The third-order valence-electron chi connectivity index (χ3n) is 4.24. The van der Waals surface area contributed by atoms with Crippen LogP contribution in [0.1, 0.15) is 16.7 Å². The largest absolute Gasteiger partial charge is 0.369 e. The molecule has 0 unspecified atom stereocenters. The number of primary amides is 1. The van der Waals surface area contributed by atoms with Crippen LogP contribution in [0.5, 0.6) is 0 Å². The van der Waals surface area contributed by atoms with Crippen LogP contribution in [-0.2, 0) is 17.8 Å². The number of imidazole rings is 1. The molecule has 1 aromatic heterocycles. The number of carbonyl (C=O) groups excluding carboxylic acids is 1. The van der Waals surface area contributed by atoms with Crippen molar-refractivity contribution in [2.24, 2.45) is 5.73 Å². The molecule has 0 bridgehead atoms. The Bertz CT molecular complexity index is 1120. The van der Waals surface area contributed by atoms with Crippen molar-refractivity contribution in [3.8, 4) is 0 Å². The summed E-state index contributed by atoms with van der Waals surface area (Å²) in [6.07, 6.45) is -0.280. The standard InChI is InChI=1S/C17H12F5N3O2/c1-6-2-3-9-16(7(6)4-10(23)26)25(17(27)24-9)5-8-11(18)13(20)15(22)14(21)12(8)19/h2-3H,4-5H2,1H3,(H2,23,26)(H,24,27). The summed E-state index contributed by atoms with van der Waals surface area (Å²) in [5.41, 5.74) is 4.39. The molecular formula is C17H12F5N3O2. The van der Waals surface area contributed by atoms with Crippen LogP contribution in [0.25, 0.3) is 11.0 Å². The minimum absolute atomic E-state index is 0.0998. The van der Waals surface area contributed by atoms with E-state index < -0.39 is 52.8 Å². The quantitative estimate of drug-likeness (QED) is 0.411. The molecule has 0 aliphatic rings. The number of halogens is 5. The van der Waals surface area contributed by atoms with E-state index in [0.29, 0.717) is 11.1 Å². The van der Waals surface area contributed by atoms with Crippen molar-refractivity contribution in [2.45, 2.75) is 19.9 Å². The van der Waals surface area contributed by atoms with Gasteiger partial charge in [-0.05, 0) is 24.1 Å². The molecule has 1 heterocycles. The first-order valence-corrected chi connectivity index (χ1v) is 7.63. The summed E-state index contributed by atoms with van der Waals surface area (Å²) >= 11 is 0. The highest BCUT2D eigenvalue weighted by Crippen LogP contribution is 2.26. The van der Waals surface area contributed by atoms with Crippen molar-refractivity contribution in [1.29, 1.82) is 0 Å². The van der Waals surface area contributed by atoms with Gasteiger partial charge in [0.15, 0.2) is 23.3 Å². The molecule has 0 aliphatic heterocycles. The van der Waals surface area contributed by atoms with Crippen molar-refractivity contribution in [3.05, 3.63) is 68.4 Å². The maximum Gasteiger partial charge on any atom is 0.326 e. The molecule has 0 saturated carbocycles. The number of nitrogens with one attached hydrogen (secondary N) is 1. The number of nitrogens with zero attached hydrogens (tertiary/aromatic N) is 1. The molecule has 27 heavy (non-hydrogen) atoms. The summed E-state index contributed by atoms with van der Waals surface area (Å²) < 4.78 is 68.9. The van der Waals surface area contributed by atoms with E-state index in [0.717, 1.165) is 4.57 Å². The number of fused-ring (bicyclic) bond motifs is 1. The Kier molecular flexibility index (Phi) is 4.50. The van der Waals surface area contributed by atoms with Gasteiger partial charge in [-0.2, -0.15) is 0 Å². The van der Waals surface area contributed by atoms with Crippen LogP contribution < -0.4 is 11.4 Å². The summed E-state index contributed by atoms with van der Waals surface area (Å²) in [4.78, 5) is 26.0. The lowest BCUT2D eigenvalue weighted by atomic mass is 10.0. The molecule has 3 N–H and O–H groups in total. The number of hydrogen-bond acceptors (Lipinski definition) is 2. The van der Waals surface area contributed by atoms with Gasteiger partial charge in [0, 0.05) is 5.56 Å². The van der Waals surface area contributed by atoms with Gasteiger partial charge >= 0.3 is 5.69 Å². The van der Waals surface area contributed by atoms with Gasteiger partial charge in [0.05, 0.1) is 24.0 Å². The van der Waals surface area contributed by atoms with E-state index in [-0.39, 0.29) is 17.5 Å². The van der Waals surface area contributed by atoms with E-state index in [4.69, 9.17) is 5.73 Å². The molecule has 0 spiro atoms. The lowest BCUT2D eigenvalue weighted by Gasteiger charge is -2.12. The second-order valence-corrected chi connectivity index (χ2v) is 5.97. The zero-order valence-electron chi connectivity index (χ0n) is 13.8. The fraction of sp³-hybridized carbons (Fsp3) is 0.176. The molecule has 10 heteroatoms. The highest BCUT2D eigenvalue weighted by molar-refractivity contribution is 5.87. The van der Waals surface area contributed by atoms with Gasteiger partial charge in [-0.15, -0.1) is 0 Å². The average Bonchev–Trinajstić information content (AvgIpc) is 2.93. The van der Waals surface area contributed by atoms with Crippen LogP contribution in [0.3, 0.4) is 0 Å². The third kappa shape index (κ3) is 2.96. The molecule has 5 nitrogen and oxygen atoms in total. The smallest absolute Gasteiger partial charge is 0.326 e. The minimum atomic E-state index is -2.29. The predicted molar refractivity (Wildman–Crippen MR) is 85.5 cm³/mol. The van der Waals surface area contributed by atoms with E-state index in [1.807, 2.05) is 0 Å². The molecular weight excluding hydrogens is 373 g/mol. The Hall–Kier alpha value is -3.17. The highest BCUT2D eigenvalue weighted by Gasteiger charge is 2.27. The molecule has 0 atom stereocenters. The fourth-order valence-electron chi connectivity index (χ4n) is 2.93. The normalized spacial score (nSPS) is 11.3. The molecule has 1 amide bonds. The lowest BCUT2D eigenvalue weighted by Crippen LogP contribution is -2.22. The topological polar surface area (TPSA) is 80.9 Å². The Morgan fingerprint density at radius 1 is 1.00 bits per heavy atom. The summed E-state index contributed by atoms with van der Waals surface area (Å²) in [5.74, 6) is -11.3. The second-order valence-electron chi connectivity index (χ2n) is 5.97. The van der Waals surface area contributed by atoms with Gasteiger partial charge in [-0.25, -0.2) is 26.7 Å². The monoisotopic (exact) mass is 385 g/mol. The van der Waals surface area contributed by atoms with Gasteiger partial charge < -0.3 is 10.7 Å². The molecule has 0 saturated heterocycles. The Morgan fingerprint density at radius 3 is 2.11 bits per heavy atom. The van der Waals surface area contributed by atoms with E-state index in [1.165, 1.54) is 6.07 Å². The van der Waals surface area contributed by atoms with E-state index in [1.54, 1.807) is 13.0 Å². The number of amides is 1. The van der Waals surface area contributed by atoms with Gasteiger partial charge in [-0.3, -0.25) is 9.36 Å². The highest BCUT2D eigenvalue weighted by atomic mass is 19.2. The van der Waals surface area contributed by atoms with Gasteiger partial charge in [0.2, 0.25) is 11.7 Å². The van der Waals surface area contributed by atoms with Crippen LogP contribution in [0.2, 0.25) is 0 Å². The molecule has 0 radical (unpaired) electrons. The van der Waals surface area contributed by atoms with E-state index >= 15 is 0 Å². The Labute approximate surface area is 148 Å². The molecule has 2 aromatic carbocycles. The number of carbonyl (C=O) groups is 1. The number of H-pyrrole nitrogens is 1. The number of hydrogen-bond donors (Lipinski definition) is 2. The van der Waals surface area contributed by atoms with Crippen molar-refractivity contribution in [3.63, 3.8) is 0 Å². The fourth-order valence-corrected chi connectivity index (χ4v) is 2.93. The number of aromatic amines is 1. The zero-order chi connectivity index (χ0) is 20.0. The summed E-state index contributed by atoms with van der Waals surface area (Å²) in [6, 6.07) is 3.09. The van der Waals surface area contributed by atoms with Gasteiger partial charge in [0.25, 0.3) is 0 Å². The van der Waals surface area contributed by atoms with Crippen LogP contribution >= 0.6 is 0 Å². The molecule has 3 aromatic rings. The lowest BCUT2D eigenvalue weighted by molar-refractivity contribution is -0.117. The molecule has 142 valence electrons. The van der Waals surface area contributed by atoms with Crippen molar-refractivity contribution in [1.82, 2.24) is 9.55 Å². The summed E-state index contributed by atoms with van der Waals surface area (Å²) in [7, 11) is 0. The summed E-state index contributed by atoms with van der Waals surface area (Å²) in [6.45, 7) is 0.692. The Morgan fingerprint density at radius 2 is 1.56 bits per heavy atom. The number of nitrogens with two attached hydrogens (primary N) is 1. The van der Waals surface area contributed by atoms with Crippen molar-refractivity contribution < 1.29 is 26.7 Å². The van der Waals surface area contributed by atoms with Crippen LogP contribution in [0.15, 0.2) is 16.9 Å². The number of aromatic nitrogens is 2. The second kappa shape index (κ2) is 6.53. The molecule has 0 fully saturated rings. The van der Waals surface area contributed by atoms with Crippen molar-refractivity contribution in [2.75, 3.05) is 0 Å². The SMILES string of the molecule is Cc1ccc2[nH]c(=O)n(Cc3c(F)c(F)c(F)c(F)c3F)c2c1CC(N)=O. The maximum absolute atomic E-state index is 14.0. The number of rotatable bonds is 4. The van der Waals surface area contributed by atoms with Gasteiger partial charge in [-0.1, -0.05) is 6.07 Å². The van der Waals surface area contributed by atoms with Crippen LogP contribution in [-0.4, -0.2) is 15.5 Å². The summed E-state index contributed by atoms with van der Waals surface area (Å²) in [5, 5.41) is 0. The zero-order valence-corrected chi connectivity index (χ0v) is 13.8. The predicted octanol–water partition coefficient (Wildman–Crippen LogP) is 2.41. The van der Waals surface area contributed by atoms with Crippen LogP contribution in [0.4, 0.5) is 22.0 Å². The average molecular weight is 385 g/mol. The third-order valence-corrected chi connectivity index (χ3v) is 4.24. The van der Waals surface area contributed by atoms with E-state index in [9.17, 15) is 31.5 Å². The molecule has 3 rings (SSSR count). The van der Waals surface area contributed by atoms with Crippen molar-refractivity contribution >= 4 is 16.9 Å². The van der Waals surface area contributed by atoms with Crippen LogP contribution in [0, 0.1) is 36.0 Å². The minimum Gasteiger partial charge on any atom is -0.369 e. The maximum atomic E-state index is 14.0. The number of aryl methyl sites for hydroxylation is 1. The number of benzene rings is 2. The molecule has 0 aliphatic carbocycles. The van der Waals surface area contributed by atoms with Gasteiger partial charge in [0.1, 0.15) is 0 Å². The van der Waals surface area contributed by atoms with E-state index in [2.05, 4.69) is 4.98 Å².